The summed E-state index contributed by atoms with van der Waals surface area (Å²) in [6.45, 7) is 0.0812. The molecule has 1 heterocycles. The van der Waals surface area contributed by atoms with E-state index in [2.05, 4.69) is 9.37 Å². The van der Waals surface area contributed by atoms with E-state index in [1.807, 2.05) is 6.11 Å². The molecular weight excluding hydrogens is 336 g/mol. The minimum absolute atomic E-state index is 0.00623. The fourth-order valence-electron chi connectivity index (χ4n) is 1.91. The van der Waals surface area contributed by atoms with Gasteiger partial charge in [-0.05, 0) is 0 Å². The molecule has 0 saturated carbocycles. The van der Waals surface area contributed by atoms with Gasteiger partial charge in [0.2, 0.25) is 0 Å². The number of rotatable bonds is 10. The number of terminal acetylenes is 1. The first-order valence-electron chi connectivity index (χ1n) is 6.56. The molecule has 1 fully saturated rings. The van der Waals surface area contributed by atoms with Crippen LogP contribution in [0.4, 0.5) is 0 Å². The molecule has 10 nitrogen and oxygen atoms in total. The molecule has 0 bridgehead atoms. The van der Waals surface area contributed by atoms with E-state index in [4.69, 9.17) is 30.6 Å². The quantitative estimate of drug-likeness (QED) is 0.120. The molecule has 23 heavy (non-hydrogen) atoms. The fourth-order valence-corrected chi connectivity index (χ4v) is 2.42. The van der Waals surface area contributed by atoms with Gasteiger partial charge in [0.05, 0.1) is 19.0 Å². The highest BCUT2D eigenvalue weighted by Gasteiger charge is 2.44. The number of aliphatic hydroxyl groups excluding tert-OH is 3. The van der Waals surface area contributed by atoms with Gasteiger partial charge in [0.1, 0.15) is 30.5 Å². The van der Waals surface area contributed by atoms with Gasteiger partial charge in [0.25, 0.3) is 0 Å². The smallest absolute Gasteiger partial charge is 0.186 e. The van der Waals surface area contributed by atoms with Crippen LogP contribution in [0.15, 0.2) is 0 Å². The molecule has 11 heteroatoms. The molecule has 0 radical (unpaired) electrons. The van der Waals surface area contributed by atoms with Gasteiger partial charge >= 0.3 is 0 Å². The molecule has 4 N–H and O–H groups in total. The summed E-state index contributed by atoms with van der Waals surface area (Å²) in [4.78, 5) is 0. The third-order valence-electron chi connectivity index (χ3n) is 3.01. The number of aliphatic hydroxyl groups is 3. The van der Waals surface area contributed by atoms with Crippen LogP contribution in [-0.2, 0) is 28.3 Å². The Balaban J connectivity index is 2.56. The van der Waals surface area contributed by atoms with Gasteiger partial charge in [-0.1, -0.05) is 11.5 Å². The first-order chi connectivity index (χ1) is 11.0. The van der Waals surface area contributed by atoms with Crippen molar-refractivity contribution in [3.05, 3.63) is 0 Å². The summed E-state index contributed by atoms with van der Waals surface area (Å²) >= 11 is 0.633. The zero-order chi connectivity index (χ0) is 17.2. The highest BCUT2D eigenvalue weighted by molar-refractivity contribution is 7.94. The van der Waals surface area contributed by atoms with E-state index >= 15 is 0 Å². The van der Waals surface area contributed by atoms with Crippen LogP contribution >= 0.6 is 12.0 Å². The maximum absolute atomic E-state index is 9.89. The summed E-state index contributed by atoms with van der Waals surface area (Å²) in [5.74, 6) is -0.00623. The maximum atomic E-state index is 9.89. The van der Waals surface area contributed by atoms with Gasteiger partial charge in [-0.15, -0.1) is 4.33 Å². The minimum Gasteiger partial charge on any atom is -0.439 e. The second-order valence-corrected chi connectivity index (χ2v) is 5.29. The molecule has 0 amide bonds. The topological polar surface area (TPSA) is 136 Å². The number of hydrogen-bond acceptors (Lipinski definition) is 11. The monoisotopic (exact) mass is 356 g/mol. The zero-order valence-corrected chi connectivity index (χ0v) is 13.1. The number of ether oxygens (including phenoxy) is 4. The standard InChI is InChI=1S/C12H20O10S/c1-3-18-7(4-17-2)5-19-12-11(15)10(14)9(13)8(20-12)6-23-22-21-16/h1,7-16H,4-6H2,2H3. The van der Waals surface area contributed by atoms with Crippen molar-refractivity contribution in [2.24, 2.45) is 0 Å². The highest BCUT2D eigenvalue weighted by Crippen LogP contribution is 2.25. The molecule has 6 atom stereocenters. The van der Waals surface area contributed by atoms with Crippen LogP contribution in [0.1, 0.15) is 0 Å². The molecule has 1 aliphatic heterocycles. The Morgan fingerprint density at radius 1 is 1.22 bits per heavy atom. The second kappa shape index (κ2) is 11.0. The minimum atomic E-state index is -1.50. The molecule has 134 valence electrons. The fraction of sp³-hybridized carbons (Fsp3) is 0.833. The van der Waals surface area contributed by atoms with Crippen molar-refractivity contribution in [3.8, 4) is 12.5 Å². The van der Waals surface area contributed by atoms with E-state index < -0.39 is 36.8 Å². The van der Waals surface area contributed by atoms with Crippen LogP contribution < -0.4 is 0 Å². The molecule has 0 aromatic heterocycles. The van der Waals surface area contributed by atoms with Crippen molar-refractivity contribution in [2.45, 2.75) is 36.8 Å². The van der Waals surface area contributed by atoms with E-state index in [9.17, 15) is 15.3 Å². The van der Waals surface area contributed by atoms with Crippen molar-refractivity contribution in [1.82, 2.24) is 0 Å². The van der Waals surface area contributed by atoms with E-state index in [0.29, 0.717) is 12.0 Å². The van der Waals surface area contributed by atoms with Gasteiger partial charge in [-0.3, -0.25) is 0 Å². The Labute approximate surface area is 137 Å². The lowest BCUT2D eigenvalue weighted by molar-refractivity contribution is -0.432. The SMILES string of the molecule is C#COC(COC)COC1OC(CSOOO)C(O)C(O)C1O. The molecule has 0 aromatic carbocycles. The third kappa shape index (κ3) is 6.40. The summed E-state index contributed by atoms with van der Waals surface area (Å²) in [5.41, 5.74) is 0. The first kappa shape index (κ1) is 20.4. The molecule has 0 aliphatic carbocycles. The Hall–Kier alpha value is -0.650. The summed E-state index contributed by atoms with van der Waals surface area (Å²) < 4.78 is 24.7. The van der Waals surface area contributed by atoms with Gasteiger partial charge in [0, 0.05) is 19.2 Å². The van der Waals surface area contributed by atoms with E-state index in [1.165, 1.54) is 7.11 Å². The summed E-state index contributed by atoms with van der Waals surface area (Å²) in [7, 11) is 1.45. The van der Waals surface area contributed by atoms with Crippen LogP contribution in [0.25, 0.3) is 0 Å². The Kier molecular flexibility index (Phi) is 9.75. The van der Waals surface area contributed by atoms with Crippen LogP contribution in [0, 0.1) is 12.5 Å². The lowest BCUT2D eigenvalue weighted by Gasteiger charge is -2.40. The van der Waals surface area contributed by atoms with Crippen LogP contribution in [0.2, 0.25) is 0 Å². The lowest BCUT2D eigenvalue weighted by Crippen LogP contribution is -2.59. The zero-order valence-electron chi connectivity index (χ0n) is 12.3. The molecule has 6 unspecified atom stereocenters. The average Bonchev–Trinajstić information content (AvgIpc) is 2.54. The van der Waals surface area contributed by atoms with E-state index in [0.717, 1.165) is 0 Å². The van der Waals surface area contributed by atoms with Gasteiger partial charge in [-0.25, -0.2) is 5.26 Å². The Morgan fingerprint density at radius 2 is 1.96 bits per heavy atom. The van der Waals surface area contributed by atoms with Gasteiger partial charge in [-0.2, -0.15) is 0 Å². The molecule has 0 aromatic rings. The summed E-state index contributed by atoms with van der Waals surface area (Å²) in [6.07, 6.45) is -0.0688. The van der Waals surface area contributed by atoms with Crippen molar-refractivity contribution >= 4 is 12.0 Å². The van der Waals surface area contributed by atoms with Crippen molar-refractivity contribution in [1.29, 1.82) is 0 Å². The van der Waals surface area contributed by atoms with Crippen molar-refractivity contribution in [3.63, 3.8) is 0 Å². The number of methoxy groups -OCH3 is 1. The first-order valence-corrected chi connectivity index (χ1v) is 7.47. The average molecular weight is 356 g/mol. The molecule has 1 saturated heterocycles. The van der Waals surface area contributed by atoms with Crippen molar-refractivity contribution < 1.29 is 48.9 Å². The summed E-state index contributed by atoms with van der Waals surface area (Å²) in [6, 6.07) is 0. The highest BCUT2D eigenvalue weighted by atomic mass is 32.2. The normalized spacial score (nSPS) is 32.3. The van der Waals surface area contributed by atoms with E-state index in [1.54, 1.807) is 0 Å². The maximum Gasteiger partial charge on any atom is 0.186 e. The largest absolute Gasteiger partial charge is 0.439 e. The van der Waals surface area contributed by atoms with Crippen LogP contribution in [0.5, 0.6) is 0 Å². The second-order valence-electron chi connectivity index (χ2n) is 4.59. The lowest BCUT2D eigenvalue weighted by atomic mass is 10.00. The number of hydrogen-bond donors (Lipinski definition) is 4. The van der Waals surface area contributed by atoms with E-state index in [-0.39, 0.29) is 19.0 Å². The Morgan fingerprint density at radius 3 is 2.57 bits per heavy atom. The van der Waals surface area contributed by atoms with Gasteiger partial charge < -0.3 is 34.3 Å². The predicted molar refractivity (Wildman–Crippen MR) is 75.5 cm³/mol. The molecule has 1 aliphatic rings. The van der Waals surface area contributed by atoms with Crippen LogP contribution in [-0.4, -0.2) is 83.5 Å². The van der Waals surface area contributed by atoms with Crippen LogP contribution in [0.3, 0.4) is 0 Å². The molecular formula is C12H20O10S. The molecule has 0 spiro atoms. The molecule has 1 rings (SSSR count). The summed E-state index contributed by atoms with van der Waals surface area (Å²) in [5, 5.41) is 41.0. The Bertz CT molecular complexity index is 364. The predicted octanol–water partition coefficient (Wildman–Crippen LogP) is -1.50. The van der Waals surface area contributed by atoms with Crippen molar-refractivity contribution in [2.75, 3.05) is 26.1 Å². The third-order valence-corrected chi connectivity index (χ3v) is 3.63. The van der Waals surface area contributed by atoms with Gasteiger partial charge in [0.15, 0.2) is 12.4 Å².